The topological polar surface area (TPSA) is 97.6 Å². The van der Waals surface area contributed by atoms with E-state index in [4.69, 9.17) is 16.3 Å². The molecule has 2 aromatic heterocycles. The molecule has 2 aromatic carbocycles. The van der Waals surface area contributed by atoms with Crippen LogP contribution in [0.3, 0.4) is 0 Å². The first kappa shape index (κ1) is 23.6. The number of nitrogens with zero attached hydrogens (tertiary/aromatic N) is 3. The first-order chi connectivity index (χ1) is 16.4. The number of pyridine rings is 1. The van der Waals surface area contributed by atoms with Crippen LogP contribution >= 0.6 is 23.4 Å². The summed E-state index contributed by atoms with van der Waals surface area (Å²) in [5.74, 6) is 0.202. The average Bonchev–Trinajstić information content (AvgIpc) is 3.24. The van der Waals surface area contributed by atoms with Gasteiger partial charge in [0, 0.05) is 18.4 Å². The molecule has 174 valence electrons. The number of carbonyl (C=O) groups excluding carboxylic acids is 2. The third kappa shape index (κ3) is 5.67. The van der Waals surface area contributed by atoms with Gasteiger partial charge in [-0.05, 0) is 42.8 Å². The first-order valence-electron chi connectivity index (χ1n) is 10.4. The zero-order chi connectivity index (χ0) is 24.1. The van der Waals surface area contributed by atoms with Crippen LogP contribution in [-0.2, 0) is 11.3 Å². The zero-order valence-corrected chi connectivity index (χ0v) is 20.1. The summed E-state index contributed by atoms with van der Waals surface area (Å²) >= 11 is 7.32. The van der Waals surface area contributed by atoms with Crippen LogP contribution in [0.2, 0.25) is 5.02 Å². The molecule has 0 spiro atoms. The van der Waals surface area contributed by atoms with Gasteiger partial charge in [0.1, 0.15) is 5.75 Å². The number of halogens is 1. The molecule has 0 radical (unpaired) electrons. The summed E-state index contributed by atoms with van der Waals surface area (Å²) in [6.07, 6.45) is 1.67. The smallest absolute Gasteiger partial charge is 0.253 e. The first-order valence-corrected chi connectivity index (χ1v) is 11.7. The minimum absolute atomic E-state index is 0.105. The molecule has 8 nitrogen and oxygen atoms in total. The molecule has 0 aliphatic carbocycles. The number of nitrogens with one attached hydrogen (secondary N) is 2. The second kappa shape index (κ2) is 10.6. The largest absolute Gasteiger partial charge is 0.495 e. The lowest BCUT2D eigenvalue weighted by molar-refractivity contribution is -0.113. The lowest BCUT2D eigenvalue weighted by atomic mass is 10.1. The molecule has 0 aliphatic rings. The van der Waals surface area contributed by atoms with Crippen LogP contribution in [0, 0.1) is 6.92 Å². The SMILES string of the molecule is COc1ccc(NC(=O)CSc2nnc3ccc(C(=O)NCc4ccc(C)cc4)cn23)cc1Cl. The normalized spacial score (nSPS) is 10.8. The molecule has 2 amide bonds. The van der Waals surface area contributed by atoms with Gasteiger partial charge in [-0.25, -0.2) is 0 Å². The van der Waals surface area contributed by atoms with Crippen molar-refractivity contribution in [3.63, 3.8) is 0 Å². The van der Waals surface area contributed by atoms with Gasteiger partial charge in [0.2, 0.25) is 5.91 Å². The monoisotopic (exact) mass is 495 g/mol. The van der Waals surface area contributed by atoms with Gasteiger partial charge in [0.15, 0.2) is 10.8 Å². The highest BCUT2D eigenvalue weighted by Crippen LogP contribution is 2.27. The minimum Gasteiger partial charge on any atom is -0.495 e. The number of aromatic nitrogens is 3. The van der Waals surface area contributed by atoms with Crippen molar-refractivity contribution in [2.24, 2.45) is 0 Å². The quantitative estimate of drug-likeness (QED) is 0.352. The van der Waals surface area contributed by atoms with E-state index in [1.54, 1.807) is 40.9 Å². The van der Waals surface area contributed by atoms with Gasteiger partial charge in [-0.3, -0.25) is 14.0 Å². The molecule has 2 heterocycles. The summed E-state index contributed by atoms with van der Waals surface area (Å²) in [6, 6.07) is 16.4. The molecule has 0 unspecified atom stereocenters. The van der Waals surface area contributed by atoms with Crippen molar-refractivity contribution in [1.29, 1.82) is 0 Å². The number of hydrogen-bond donors (Lipinski definition) is 2. The molecule has 4 aromatic rings. The molecule has 0 aliphatic heterocycles. The second-order valence-electron chi connectivity index (χ2n) is 7.48. The molecule has 4 rings (SSSR count). The summed E-state index contributed by atoms with van der Waals surface area (Å²) in [5, 5.41) is 14.9. The number of aryl methyl sites for hydroxylation is 1. The predicted octanol–water partition coefficient (Wildman–Crippen LogP) is 4.36. The van der Waals surface area contributed by atoms with Gasteiger partial charge in [-0.15, -0.1) is 10.2 Å². The van der Waals surface area contributed by atoms with Gasteiger partial charge in [-0.1, -0.05) is 53.2 Å². The Labute approximate surface area is 205 Å². The van der Waals surface area contributed by atoms with Crippen molar-refractivity contribution >= 4 is 46.5 Å². The Morgan fingerprint density at radius 3 is 2.62 bits per heavy atom. The highest BCUT2D eigenvalue weighted by Gasteiger charge is 2.13. The van der Waals surface area contributed by atoms with Crippen molar-refractivity contribution < 1.29 is 14.3 Å². The lowest BCUT2D eigenvalue weighted by Gasteiger charge is -2.08. The van der Waals surface area contributed by atoms with Crippen LogP contribution < -0.4 is 15.4 Å². The maximum atomic E-state index is 12.6. The van der Waals surface area contributed by atoms with Crippen LogP contribution in [0.25, 0.3) is 5.65 Å². The molecule has 0 bridgehead atoms. The molecular formula is C24H22ClN5O3S. The van der Waals surface area contributed by atoms with Crippen molar-refractivity contribution in [3.05, 3.63) is 82.5 Å². The van der Waals surface area contributed by atoms with E-state index >= 15 is 0 Å². The fourth-order valence-electron chi connectivity index (χ4n) is 3.16. The Balaban J connectivity index is 1.38. The average molecular weight is 496 g/mol. The van der Waals surface area contributed by atoms with Gasteiger partial charge in [0.25, 0.3) is 5.91 Å². The Bertz CT molecular complexity index is 1340. The summed E-state index contributed by atoms with van der Waals surface area (Å²) in [4.78, 5) is 25.0. The standard InChI is InChI=1S/C24H22ClN5O3S/c1-15-3-5-16(6-4-15)12-26-23(32)17-7-10-21-28-29-24(30(21)13-17)34-14-22(31)27-18-8-9-20(33-2)19(25)11-18/h3-11,13H,12,14H2,1-2H3,(H,26,32)(H,27,31). The van der Waals surface area contributed by atoms with Crippen LogP contribution in [-0.4, -0.2) is 39.3 Å². The number of ether oxygens (including phenoxy) is 1. The summed E-state index contributed by atoms with van der Waals surface area (Å²) < 4.78 is 6.81. The fourth-order valence-corrected chi connectivity index (χ4v) is 4.14. The Morgan fingerprint density at radius 1 is 1.09 bits per heavy atom. The third-order valence-electron chi connectivity index (χ3n) is 4.97. The highest BCUT2D eigenvalue weighted by atomic mass is 35.5. The molecule has 0 fully saturated rings. The molecule has 0 atom stereocenters. The lowest BCUT2D eigenvalue weighted by Crippen LogP contribution is -2.23. The van der Waals surface area contributed by atoms with Crippen LogP contribution in [0.1, 0.15) is 21.5 Å². The van der Waals surface area contributed by atoms with Gasteiger partial charge in [-0.2, -0.15) is 0 Å². The Morgan fingerprint density at radius 2 is 1.88 bits per heavy atom. The van der Waals surface area contributed by atoms with E-state index < -0.39 is 0 Å². The van der Waals surface area contributed by atoms with E-state index in [-0.39, 0.29) is 17.6 Å². The van der Waals surface area contributed by atoms with Crippen molar-refractivity contribution in [1.82, 2.24) is 19.9 Å². The van der Waals surface area contributed by atoms with Gasteiger partial charge in [0.05, 0.1) is 23.4 Å². The molecule has 34 heavy (non-hydrogen) atoms. The van der Waals surface area contributed by atoms with Crippen LogP contribution in [0.5, 0.6) is 5.75 Å². The number of hydrogen-bond acceptors (Lipinski definition) is 6. The number of carbonyl (C=O) groups is 2. The van der Waals surface area contributed by atoms with Gasteiger partial charge >= 0.3 is 0 Å². The van der Waals surface area contributed by atoms with Crippen LogP contribution in [0.15, 0.2) is 66.0 Å². The molecule has 2 N–H and O–H groups in total. The van der Waals surface area contributed by atoms with Crippen molar-refractivity contribution in [2.75, 3.05) is 18.2 Å². The Kier molecular flexibility index (Phi) is 7.34. The van der Waals surface area contributed by atoms with E-state index in [2.05, 4.69) is 20.8 Å². The summed E-state index contributed by atoms with van der Waals surface area (Å²) in [5.41, 5.74) is 3.80. The fraction of sp³-hybridized carbons (Fsp3) is 0.167. The van der Waals surface area contributed by atoms with Crippen molar-refractivity contribution in [3.8, 4) is 5.75 Å². The molecule has 0 saturated heterocycles. The maximum Gasteiger partial charge on any atom is 0.253 e. The number of fused-ring (bicyclic) bond motifs is 1. The predicted molar refractivity (Wildman–Crippen MR) is 133 cm³/mol. The Hall–Kier alpha value is -3.56. The molecular weight excluding hydrogens is 474 g/mol. The number of rotatable bonds is 8. The second-order valence-corrected chi connectivity index (χ2v) is 8.83. The van der Waals surface area contributed by atoms with E-state index in [1.807, 2.05) is 31.2 Å². The van der Waals surface area contributed by atoms with Crippen molar-refractivity contribution in [2.45, 2.75) is 18.6 Å². The van der Waals surface area contributed by atoms with E-state index in [1.165, 1.54) is 24.4 Å². The molecule has 0 saturated carbocycles. The number of benzene rings is 2. The number of amides is 2. The number of methoxy groups -OCH3 is 1. The maximum absolute atomic E-state index is 12.6. The highest BCUT2D eigenvalue weighted by molar-refractivity contribution is 7.99. The summed E-state index contributed by atoms with van der Waals surface area (Å²) in [7, 11) is 1.53. The van der Waals surface area contributed by atoms with Gasteiger partial charge < -0.3 is 15.4 Å². The van der Waals surface area contributed by atoms with E-state index in [0.29, 0.717) is 39.4 Å². The number of anilines is 1. The number of thioether (sulfide) groups is 1. The summed E-state index contributed by atoms with van der Waals surface area (Å²) in [6.45, 7) is 2.45. The van der Waals surface area contributed by atoms with Crippen LogP contribution in [0.4, 0.5) is 5.69 Å². The van der Waals surface area contributed by atoms with E-state index in [0.717, 1.165) is 5.56 Å². The van der Waals surface area contributed by atoms with E-state index in [9.17, 15) is 9.59 Å². The minimum atomic E-state index is -0.227. The molecule has 10 heteroatoms. The third-order valence-corrected chi connectivity index (χ3v) is 6.21. The zero-order valence-electron chi connectivity index (χ0n) is 18.5.